The maximum Gasteiger partial charge on any atom is 0.417 e. The third-order valence-corrected chi connectivity index (χ3v) is 4.92. The summed E-state index contributed by atoms with van der Waals surface area (Å²) in [5.74, 6) is 0.529. The molecule has 0 atom stereocenters. The number of thioether (sulfide) groups is 1. The number of pyridine rings is 1. The summed E-state index contributed by atoms with van der Waals surface area (Å²) in [6.07, 6.45) is -3.94. The van der Waals surface area contributed by atoms with E-state index in [4.69, 9.17) is 0 Å². The fourth-order valence-corrected chi connectivity index (χ4v) is 3.62. The van der Waals surface area contributed by atoms with E-state index in [1.807, 2.05) is 30.3 Å². The Labute approximate surface area is 159 Å². The Balaban J connectivity index is 1.96. The molecule has 1 aromatic heterocycles. The summed E-state index contributed by atoms with van der Waals surface area (Å²) in [6, 6.07) is 21.0. The van der Waals surface area contributed by atoms with Crippen molar-refractivity contribution < 1.29 is 13.2 Å². The Kier molecular flexibility index (Phi) is 5.82. The minimum absolute atomic E-state index is 0.113. The number of hydrogen-bond donors (Lipinski definition) is 0. The van der Waals surface area contributed by atoms with Crippen molar-refractivity contribution in [1.82, 2.24) is 4.98 Å². The van der Waals surface area contributed by atoms with Crippen molar-refractivity contribution in [3.05, 3.63) is 83.4 Å². The summed E-state index contributed by atoms with van der Waals surface area (Å²) in [6.45, 7) is 0. The van der Waals surface area contributed by atoms with Gasteiger partial charge in [0.15, 0.2) is 0 Å². The van der Waals surface area contributed by atoms with Crippen molar-refractivity contribution in [1.29, 1.82) is 5.26 Å². The topological polar surface area (TPSA) is 36.7 Å². The van der Waals surface area contributed by atoms with Crippen molar-refractivity contribution in [2.75, 3.05) is 5.75 Å². The van der Waals surface area contributed by atoms with Crippen LogP contribution >= 0.6 is 11.8 Å². The van der Waals surface area contributed by atoms with Gasteiger partial charge in [-0.2, -0.15) is 18.4 Å². The van der Waals surface area contributed by atoms with Gasteiger partial charge in [-0.05, 0) is 18.1 Å². The first-order valence-corrected chi connectivity index (χ1v) is 9.22. The van der Waals surface area contributed by atoms with Crippen LogP contribution in [-0.2, 0) is 12.6 Å². The van der Waals surface area contributed by atoms with Gasteiger partial charge in [0, 0.05) is 11.3 Å². The number of benzene rings is 2. The summed E-state index contributed by atoms with van der Waals surface area (Å²) >= 11 is 1.17. The number of hydrogen-bond acceptors (Lipinski definition) is 3. The van der Waals surface area contributed by atoms with E-state index >= 15 is 0 Å². The van der Waals surface area contributed by atoms with Crippen LogP contribution in [0, 0.1) is 11.3 Å². The zero-order chi connectivity index (χ0) is 19.3. The lowest BCUT2D eigenvalue weighted by Crippen LogP contribution is -2.10. The average molecular weight is 384 g/mol. The molecule has 0 N–H and O–H groups in total. The Morgan fingerprint density at radius 3 is 2.19 bits per heavy atom. The van der Waals surface area contributed by atoms with Crippen LogP contribution in [0.15, 0.2) is 71.8 Å². The molecule has 0 aliphatic rings. The van der Waals surface area contributed by atoms with Crippen LogP contribution in [0.1, 0.15) is 16.7 Å². The fraction of sp³-hybridized carbons (Fsp3) is 0.143. The molecule has 6 heteroatoms. The zero-order valence-corrected chi connectivity index (χ0v) is 15.0. The molecule has 1 heterocycles. The lowest BCUT2D eigenvalue weighted by atomic mass is 10.1. The molecule has 0 radical (unpaired) electrons. The van der Waals surface area contributed by atoms with Gasteiger partial charge in [0.25, 0.3) is 0 Å². The lowest BCUT2D eigenvalue weighted by molar-refractivity contribution is -0.138. The van der Waals surface area contributed by atoms with E-state index in [0.717, 1.165) is 11.6 Å². The normalized spacial score (nSPS) is 11.2. The number of rotatable bonds is 5. The van der Waals surface area contributed by atoms with Gasteiger partial charge in [0.1, 0.15) is 11.1 Å². The van der Waals surface area contributed by atoms with Crippen molar-refractivity contribution in [2.24, 2.45) is 0 Å². The Morgan fingerprint density at radius 2 is 1.59 bits per heavy atom. The molecule has 0 spiro atoms. The average Bonchev–Trinajstić information content (AvgIpc) is 2.68. The third kappa shape index (κ3) is 4.69. The van der Waals surface area contributed by atoms with Crippen LogP contribution in [0.25, 0.3) is 11.3 Å². The lowest BCUT2D eigenvalue weighted by Gasteiger charge is -2.14. The monoisotopic (exact) mass is 384 g/mol. The van der Waals surface area contributed by atoms with Gasteiger partial charge in [-0.15, -0.1) is 11.8 Å². The van der Waals surface area contributed by atoms with Crippen LogP contribution in [0.5, 0.6) is 0 Å². The molecule has 0 aliphatic carbocycles. The minimum atomic E-state index is -4.62. The first-order valence-electron chi connectivity index (χ1n) is 8.23. The largest absolute Gasteiger partial charge is 0.417 e. The number of alkyl halides is 3. The summed E-state index contributed by atoms with van der Waals surface area (Å²) in [7, 11) is 0. The molecule has 3 rings (SSSR count). The molecule has 0 saturated carbocycles. The number of halogens is 3. The van der Waals surface area contributed by atoms with Gasteiger partial charge in [-0.3, -0.25) is 0 Å². The molecule has 3 aromatic rings. The molecule has 0 unspecified atom stereocenters. The number of nitriles is 1. The first kappa shape index (κ1) is 19.0. The molecule has 2 nitrogen and oxygen atoms in total. The van der Waals surface area contributed by atoms with Crippen LogP contribution in [-0.4, -0.2) is 10.7 Å². The Hall–Kier alpha value is -2.78. The van der Waals surface area contributed by atoms with E-state index in [0.29, 0.717) is 17.7 Å². The van der Waals surface area contributed by atoms with Crippen molar-refractivity contribution in [3.63, 3.8) is 0 Å². The number of aryl methyl sites for hydroxylation is 1. The van der Waals surface area contributed by atoms with Crippen molar-refractivity contribution >= 4 is 11.8 Å². The highest BCUT2D eigenvalue weighted by Gasteiger charge is 2.36. The fourth-order valence-electron chi connectivity index (χ4n) is 2.62. The molecular formula is C21H15F3N2S. The molecule has 0 fully saturated rings. The van der Waals surface area contributed by atoms with Crippen molar-refractivity contribution in [2.45, 2.75) is 17.6 Å². The van der Waals surface area contributed by atoms with E-state index in [1.165, 1.54) is 11.8 Å². The van der Waals surface area contributed by atoms with Crippen LogP contribution in [0.3, 0.4) is 0 Å². The molecule has 136 valence electrons. The van der Waals surface area contributed by atoms with Crippen LogP contribution < -0.4 is 0 Å². The molecule has 27 heavy (non-hydrogen) atoms. The smallest absolute Gasteiger partial charge is 0.240 e. The number of nitrogens with zero attached hydrogens (tertiary/aromatic N) is 2. The highest BCUT2D eigenvalue weighted by Crippen LogP contribution is 2.38. The first-order chi connectivity index (χ1) is 13.0. The summed E-state index contributed by atoms with van der Waals surface area (Å²) in [5, 5.41) is 9.45. The van der Waals surface area contributed by atoms with E-state index in [9.17, 15) is 18.4 Å². The second-order valence-corrected chi connectivity index (χ2v) is 6.88. The van der Waals surface area contributed by atoms with Gasteiger partial charge >= 0.3 is 6.18 Å². The summed E-state index contributed by atoms with van der Waals surface area (Å²) in [5.41, 5.74) is 0.515. The third-order valence-electron chi connectivity index (χ3n) is 3.95. The molecule has 0 amide bonds. The standard InChI is InChI=1S/C21H15F3N2S/c22-21(23,24)18-13-19(16-9-5-2-6-10-16)26-20(17(18)14-25)27-12-11-15-7-3-1-4-8-15/h1-10,13H,11-12H2. The van der Waals surface area contributed by atoms with E-state index < -0.39 is 17.3 Å². The van der Waals surface area contributed by atoms with E-state index in [2.05, 4.69) is 4.98 Å². The second-order valence-electron chi connectivity index (χ2n) is 5.79. The van der Waals surface area contributed by atoms with Gasteiger partial charge in [-0.1, -0.05) is 60.7 Å². The van der Waals surface area contributed by atoms with Crippen LogP contribution in [0.2, 0.25) is 0 Å². The summed E-state index contributed by atoms with van der Waals surface area (Å²) < 4.78 is 40.5. The Bertz CT molecular complexity index is 949. The maximum absolute atomic E-state index is 13.5. The molecular weight excluding hydrogens is 369 g/mol. The van der Waals surface area contributed by atoms with Crippen molar-refractivity contribution in [3.8, 4) is 17.3 Å². The molecule has 2 aromatic carbocycles. The van der Waals surface area contributed by atoms with Gasteiger partial charge in [-0.25, -0.2) is 4.98 Å². The van der Waals surface area contributed by atoms with E-state index in [1.54, 1.807) is 36.4 Å². The van der Waals surface area contributed by atoms with Gasteiger partial charge in [0.05, 0.1) is 16.8 Å². The molecule has 0 aliphatic heterocycles. The SMILES string of the molecule is N#Cc1c(C(F)(F)F)cc(-c2ccccc2)nc1SCCc1ccccc1. The minimum Gasteiger partial charge on any atom is -0.240 e. The zero-order valence-electron chi connectivity index (χ0n) is 14.2. The predicted octanol–water partition coefficient (Wildman–Crippen LogP) is 5.97. The number of aromatic nitrogens is 1. The van der Waals surface area contributed by atoms with Crippen LogP contribution in [0.4, 0.5) is 13.2 Å². The molecule has 0 saturated heterocycles. The van der Waals surface area contributed by atoms with E-state index in [-0.39, 0.29) is 10.7 Å². The Morgan fingerprint density at radius 1 is 0.963 bits per heavy atom. The maximum atomic E-state index is 13.5. The summed E-state index contributed by atoms with van der Waals surface area (Å²) in [4.78, 5) is 4.36. The van der Waals surface area contributed by atoms with Gasteiger partial charge in [0.2, 0.25) is 0 Å². The highest BCUT2D eigenvalue weighted by atomic mass is 32.2. The highest BCUT2D eigenvalue weighted by molar-refractivity contribution is 7.99. The van der Waals surface area contributed by atoms with Gasteiger partial charge < -0.3 is 0 Å². The predicted molar refractivity (Wildman–Crippen MR) is 100 cm³/mol. The second kappa shape index (κ2) is 8.28. The quantitative estimate of drug-likeness (QED) is 0.508. The molecule has 0 bridgehead atoms.